The molecule has 0 fully saturated rings. The van der Waals surface area contributed by atoms with E-state index in [9.17, 15) is 0 Å². The Bertz CT molecular complexity index is 1370. The SMILES string of the molecule is [Pt+2].[c-]1ccccc1-c1cccc(-c2ccn[n-]2)n1.c1ccc([PH+](c2ccccc2)c2ccccc2)cc1. The van der Waals surface area contributed by atoms with Gasteiger partial charge in [0.25, 0.3) is 0 Å². The Kier molecular flexibility index (Phi) is 9.72. The van der Waals surface area contributed by atoms with Crippen LogP contribution in [-0.4, -0.2) is 10.1 Å². The number of rotatable bonds is 5. The molecule has 0 saturated carbocycles. The third kappa shape index (κ3) is 6.98. The van der Waals surface area contributed by atoms with Crippen LogP contribution in [-0.2, 0) is 21.1 Å². The van der Waals surface area contributed by atoms with E-state index in [2.05, 4.69) is 112 Å². The summed E-state index contributed by atoms with van der Waals surface area (Å²) < 4.78 is 0. The van der Waals surface area contributed by atoms with Crippen LogP contribution in [0.15, 0.2) is 146 Å². The van der Waals surface area contributed by atoms with E-state index in [4.69, 9.17) is 0 Å². The minimum absolute atomic E-state index is 0. The van der Waals surface area contributed by atoms with Crippen LogP contribution in [0.2, 0.25) is 0 Å². The van der Waals surface area contributed by atoms with E-state index in [-0.39, 0.29) is 21.1 Å². The molecular formula is C32H25N3PPt+. The molecule has 0 unspecified atom stereocenters. The van der Waals surface area contributed by atoms with Gasteiger partial charge in [-0.2, -0.15) is 0 Å². The molecule has 0 amide bonds. The number of pyridine rings is 1. The summed E-state index contributed by atoms with van der Waals surface area (Å²) in [5.41, 5.74) is 3.50. The van der Waals surface area contributed by atoms with Crippen molar-refractivity contribution in [3.63, 3.8) is 0 Å². The Morgan fingerprint density at radius 3 is 1.57 bits per heavy atom. The second-order valence-electron chi connectivity index (χ2n) is 8.07. The smallest absolute Gasteiger partial charge is 0.574 e. The minimum Gasteiger partial charge on any atom is -0.574 e. The van der Waals surface area contributed by atoms with Crippen molar-refractivity contribution >= 4 is 23.8 Å². The second-order valence-corrected chi connectivity index (χ2v) is 10.6. The zero-order chi connectivity index (χ0) is 24.4. The maximum Gasteiger partial charge on any atom is 2.00 e. The molecule has 0 N–H and O–H groups in total. The average molecular weight is 678 g/mol. The van der Waals surface area contributed by atoms with E-state index < -0.39 is 7.92 Å². The quantitative estimate of drug-likeness (QED) is 0.173. The van der Waals surface area contributed by atoms with Crippen LogP contribution in [0, 0.1) is 6.07 Å². The van der Waals surface area contributed by atoms with Crippen LogP contribution in [0.4, 0.5) is 0 Å². The van der Waals surface area contributed by atoms with E-state index in [1.165, 1.54) is 15.9 Å². The maximum absolute atomic E-state index is 4.55. The molecule has 2 aromatic heterocycles. The Morgan fingerprint density at radius 2 is 1.08 bits per heavy atom. The molecule has 6 rings (SSSR count). The fraction of sp³-hybridized carbons (Fsp3) is 0. The molecule has 6 aromatic rings. The van der Waals surface area contributed by atoms with Gasteiger partial charge in [0, 0.05) is 11.9 Å². The Hall–Kier alpha value is -3.64. The zero-order valence-electron chi connectivity index (χ0n) is 20.0. The van der Waals surface area contributed by atoms with Gasteiger partial charge in [-0.25, -0.2) is 0 Å². The minimum atomic E-state index is -0.877. The summed E-state index contributed by atoms with van der Waals surface area (Å²) in [5.74, 6) is 0. The summed E-state index contributed by atoms with van der Waals surface area (Å²) in [6.45, 7) is 0. The molecule has 0 atom stereocenters. The molecule has 0 aliphatic carbocycles. The zero-order valence-corrected chi connectivity index (χ0v) is 23.3. The molecule has 0 saturated heterocycles. The molecule has 5 heteroatoms. The summed E-state index contributed by atoms with van der Waals surface area (Å²) in [6.07, 6.45) is 1.67. The Morgan fingerprint density at radius 1 is 0.541 bits per heavy atom. The maximum atomic E-state index is 4.55. The molecule has 0 spiro atoms. The molecule has 3 nitrogen and oxygen atoms in total. The van der Waals surface area contributed by atoms with Crippen molar-refractivity contribution in [2.75, 3.05) is 0 Å². The van der Waals surface area contributed by atoms with Crippen molar-refractivity contribution in [1.82, 2.24) is 15.2 Å². The molecule has 37 heavy (non-hydrogen) atoms. The Balaban J connectivity index is 0.000000169. The van der Waals surface area contributed by atoms with Crippen LogP contribution in [0.3, 0.4) is 0 Å². The molecule has 0 bridgehead atoms. The Labute approximate surface area is 233 Å². The number of hydrogen-bond donors (Lipinski definition) is 0. The first-order chi connectivity index (χ1) is 17.9. The number of benzene rings is 4. The van der Waals surface area contributed by atoms with Gasteiger partial charge in [0.2, 0.25) is 0 Å². The molecular weight excluding hydrogens is 652 g/mol. The normalized spacial score (nSPS) is 10.2. The van der Waals surface area contributed by atoms with E-state index in [1.54, 1.807) is 6.20 Å². The molecule has 0 radical (unpaired) electrons. The van der Waals surface area contributed by atoms with Crippen LogP contribution in [0.1, 0.15) is 0 Å². The third-order valence-corrected chi connectivity index (χ3v) is 8.38. The number of nitrogens with zero attached hydrogens (tertiary/aromatic N) is 3. The van der Waals surface area contributed by atoms with Crippen LogP contribution >= 0.6 is 7.92 Å². The summed E-state index contributed by atoms with van der Waals surface area (Å²) >= 11 is 0. The van der Waals surface area contributed by atoms with E-state index in [1.807, 2.05) is 48.5 Å². The molecule has 2 heterocycles. The number of aromatic nitrogens is 3. The van der Waals surface area contributed by atoms with Crippen molar-refractivity contribution < 1.29 is 21.1 Å². The largest absolute Gasteiger partial charge is 2.00 e. The summed E-state index contributed by atoms with van der Waals surface area (Å²) in [6, 6.07) is 51.1. The summed E-state index contributed by atoms with van der Waals surface area (Å²) in [7, 11) is -0.877. The standard InChI is InChI=1S/C18H15P.C14H9N3.Pt/c1-4-10-16(11-5-1)19(17-12-6-2-7-13-17)18-14-8-3-9-15-18;1-2-5-11(6-3-1)12-7-4-8-13(16-12)14-9-10-15-17-14;/h1-15H;1-5,7-10H;/q;-2;+2/p+1. The van der Waals surface area contributed by atoms with Crippen LogP contribution < -0.4 is 21.0 Å². The molecule has 4 aromatic carbocycles. The van der Waals surface area contributed by atoms with Crippen molar-refractivity contribution in [2.45, 2.75) is 0 Å². The van der Waals surface area contributed by atoms with Gasteiger partial charge in [0.05, 0.1) is 7.92 Å². The first-order valence-corrected chi connectivity index (χ1v) is 13.3. The van der Waals surface area contributed by atoms with Crippen LogP contribution in [0.25, 0.3) is 22.6 Å². The van der Waals surface area contributed by atoms with Gasteiger partial charge < -0.3 is 10.2 Å². The fourth-order valence-electron chi connectivity index (χ4n) is 3.96. The molecule has 182 valence electrons. The summed E-state index contributed by atoms with van der Waals surface area (Å²) in [4.78, 5) is 4.55. The van der Waals surface area contributed by atoms with Gasteiger partial charge in [-0.1, -0.05) is 78.5 Å². The van der Waals surface area contributed by atoms with Crippen molar-refractivity contribution in [3.05, 3.63) is 152 Å². The van der Waals surface area contributed by atoms with Gasteiger partial charge >= 0.3 is 21.1 Å². The van der Waals surface area contributed by atoms with Gasteiger partial charge in [-0.3, -0.25) is 4.98 Å². The van der Waals surface area contributed by atoms with Gasteiger partial charge in [0.1, 0.15) is 15.9 Å². The monoisotopic (exact) mass is 677 g/mol. The fourth-order valence-corrected chi connectivity index (χ4v) is 6.54. The average Bonchev–Trinajstić information content (AvgIpc) is 3.51. The first kappa shape index (κ1) is 26.4. The molecule has 0 aliphatic heterocycles. The predicted octanol–water partition coefficient (Wildman–Crippen LogP) is 5.74. The van der Waals surface area contributed by atoms with Gasteiger partial charge in [-0.15, -0.1) is 35.9 Å². The first-order valence-electron chi connectivity index (χ1n) is 11.8. The van der Waals surface area contributed by atoms with Crippen LogP contribution in [0.5, 0.6) is 0 Å². The summed E-state index contributed by atoms with van der Waals surface area (Å²) in [5, 5.41) is 12.1. The predicted molar refractivity (Wildman–Crippen MR) is 152 cm³/mol. The van der Waals surface area contributed by atoms with Crippen molar-refractivity contribution in [3.8, 4) is 22.6 Å². The second kappa shape index (κ2) is 13.6. The third-order valence-electron chi connectivity index (χ3n) is 5.65. The molecule has 0 aliphatic rings. The van der Waals surface area contributed by atoms with Crippen molar-refractivity contribution in [2.24, 2.45) is 0 Å². The van der Waals surface area contributed by atoms with Gasteiger partial charge in [0.15, 0.2) is 0 Å². The van der Waals surface area contributed by atoms with Gasteiger partial charge in [-0.05, 0) is 48.2 Å². The number of hydrogen-bond acceptors (Lipinski definition) is 2. The van der Waals surface area contributed by atoms with E-state index in [0.29, 0.717) is 0 Å². The van der Waals surface area contributed by atoms with Crippen molar-refractivity contribution in [1.29, 1.82) is 0 Å². The topological polar surface area (TPSA) is 39.9 Å². The van der Waals surface area contributed by atoms with E-state index >= 15 is 0 Å². The van der Waals surface area contributed by atoms with E-state index in [0.717, 1.165) is 22.6 Å².